The summed E-state index contributed by atoms with van der Waals surface area (Å²) in [6.07, 6.45) is 2.28. The summed E-state index contributed by atoms with van der Waals surface area (Å²) in [7, 11) is 1.66. The lowest BCUT2D eigenvalue weighted by Gasteiger charge is -2.32. The molecular weight excluding hydrogens is 388 g/mol. The first-order valence-corrected chi connectivity index (χ1v) is 10.2. The fourth-order valence-corrected chi connectivity index (χ4v) is 3.95. The second-order valence-electron chi connectivity index (χ2n) is 7.42. The Hall–Kier alpha value is -2.57. The third-order valence-corrected chi connectivity index (χ3v) is 5.46. The van der Waals surface area contributed by atoms with Gasteiger partial charge in [0.25, 0.3) is 0 Å². The van der Waals surface area contributed by atoms with Crippen LogP contribution < -0.4 is 15.2 Å². The van der Waals surface area contributed by atoms with Crippen LogP contribution in [0.5, 0.6) is 11.5 Å². The van der Waals surface area contributed by atoms with E-state index in [0.29, 0.717) is 29.9 Å². The van der Waals surface area contributed by atoms with Gasteiger partial charge in [0.15, 0.2) is 0 Å². The highest BCUT2D eigenvalue weighted by molar-refractivity contribution is 6.31. The number of methoxy groups -OCH3 is 1. The molecule has 2 aromatic carbocycles. The molecule has 1 saturated heterocycles. The Labute approximate surface area is 175 Å². The minimum absolute atomic E-state index is 0.460. The predicted molar refractivity (Wildman–Crippen MR) is 115 cm³/mol. The van der Waals surface area contributed by atoms with E-state index in [0.717, 1.165) is 54.2 Å². The molecule has 0 spiro atoms. The number of halogens is 1. The number of likely N-dealkylation sites (tertiary alicyclic amines) is 1. The fourth-order valence-electron chi connectivity index (χ4n) is 3.78. The van der Waals surface area contributed by atoms with Crippen molar-refractivity contribution in [3.63, 3.8) is 0 Å². The summed E-state index contributed by atoms with van der Waals surface area (Å²) in [5.74, 6) is 3.33. The Morgan fingerprint density at radius 3 is 2.90 bits per heavy atom. The van der Waals surface area contributed by atoms with Crippen LogP contribution in [-0.2, 0) is 6.54 Å². The van der Waals surface area contributed by atoms with Crippen LogP contribution in [0.2, 0.25) is 5.02 Å². The Morgan fingerprint density at radius 1 is 1.17 bits per heavy atom. The van der Waals surface area contributed by atoms with Crippen molar-refractivity contribution in [3.05, 3.63) is 53.3 Å². The van der Waals surface area contributed by atoms with Gasteiger partial charge in [0.05, 0.1) is 25.8 Å². The number of hydrogen-bond acceptors (Lipinski definition) is 6. The van der Waals surface area contributed by atoms with E-state index in [1.807, 2.05) is 36.4 Å². The summed E-state index contributed by atoms with van der Waals surface area (Å²) < 4.78 is 11.3. The third kappa shape index (κ3) is 4.89. The smallest absolute Gasteiger partial charge is 0.145 e. The number of rotatable bonds is 6. The van der Waals surface area contributed by atoms with Gasteiger partial charge in [0, 0.05) is 28.9 Å². The third-order valence-electron chi connectivity index (χ3n) is 5.23. The summed E-state index contributed by atoms with van der Waals surface area (Å²) in [4.78, 5) is 11.5. The van der Waals surface area contributed by atoms with Gasteiger partial charge in [0.1, 0.15) is 23.1 Å². The molecule has 0 bridgehead atoms. The number of fused-ring (bicyclic) bond motifs is 1. The molecule has 1 atom stereocenters. The van der Waals surface area contributed by atoms with Gasteiger partial charge in [-0.3, -0.25) is 4.90 Å². The summed E-state index contributed by atoms with van der Waals surface area (Å²) in [5, 5.41) is 1.48. The first-order valence-electron chi connectivity index (χ1n) is 9.81. The number of benzene rings is 2. The molecule has 152 valence electrons. The molecule has 3 aromatic rings. The van der Waals surface area contributed by atoms with E-state index in [9.17, 15) is 0 Å². The normalized spacial score (nSPS) is 17.4. The van der Waals surface area contributed by atoms with Crippen LogP contribution in [0.15, 0.2) is 42.5 Å². The van der Waals surface area contributed by atoms with E-state index in [2.05, 4.69) is 14.9 Å². The molecule has 1 fully saturated rings. The van der Waals surface area contributed by atoms with Gasteiger partial charge in [0.2, 0.25) is 0 Å². The Kier molecular flexibility index (Phi) is 6.02. The molecule has 0 amide bonds. The fraction of sp³-hybridized carbons (Fsp3) is 0.364. The first-order chi connectivity index (χ1) is 14.1. The van der Waals surface area contributed by atoms with Crippen LogP contribution >= 0.6 is 11.6 Å². The second-order valence-corrected chi connectivity index (χ2v) is 7.86. The summed E-state index contributed by atoms with van der Waals surface area (Å²) in [5.41, 5.74) is 6.92. The van der Waals surface area contributed by atoms with Gasteiger partial charge in [-0.1, -0.05) is 17.7 Å². The molecule has 0 aliphatic carbocycles. The molecule has 0 radical (unpaired) electrons. The van der Waals surface area contributed by atoms with Gasteiger partial charge in [-0.2, -0.15) is 0 Å². The molecule has 1 aromatic heterocycles. The minimum Gasteiger partial charge on any atom is -0.497 e. The first kappa shape index (κ1) is 19.7. The lowest BCUT2D eigenvalue weighted by Crippen LogP contribution is -2.37. The number of piperidine rings is 1. The molecule has 1 aliphatic rings. The highest BCUT2D eigenvalue weighted by Gasteiger charge is 2.22. The van der Waals surface area contributed by atoms with Crippen LogP contribution in [0.25, 0.3) is 10.9 Å². The van der Waals surface area contributed by atoms with Gasteiger partial charge in [-0.25, -0.2) is 9.97 Å². The van der Waals surface area contributed by atoms with Crippen molar-refractivity contribution in [2.75, 3.05) is 32.5 Å². The standard InChI is InChI=1S/C22H25ClN4O2/c1-28-17-5-2-6-18(11-17)29-14-15-4-3-9-27(12-15)13-21-25-20-10-16(23)7-8-19(20)22(24)26-21/h2,5-8,10-11,15H,3-4,9,12-14H2,1H3,(H2,24,25,26). The second kappa shape index (κ2) is 8.84. The monoisotopic (exact) mass is 412 g/mol. The van der Waals surface area contributed by atoms with Crippen molar-refractivity contribution in [3.8, 4) is 11.5 Å². The maximum Gasteiger partial charge on any atom is 0.145 e. The van der Waals surface area contributed by atoms with Crippen LogP contribution in [0.1, 0.15) is 18.7 Å². The molecule has 0 saturated carbocycles. The minimum atomic E-state index is 0.460. The number of aromatic nitrogens is 2. The van der Waals surface area contributed by atoms with Gasteiger partial charge >= 0.3 is 0 Å². The maximum atomic E-state index is 6.13. The van der Waals surface area contributed by atoms with Crippen molar-refractivity contribution in [2.24, 2.45) is 5.92 Å². The van der Waals surface area contributed by atoms with E-state index in [4.69, 9.17) is 26.8 Å². The molecule has 2 heterocycles. The van der Waals surface area contributed by atoms with Crippen LogP contribution in [0, 0.1) is 5.92 Å². The van der Waals surface area contributed by atoms with E-state index in [-0.39, 0.29) is 0 Å². The van der Waals surface area contributed by atoms with Crippen molar-refractivity contribution in [1.82, 2.24) is 14.9 Å². The van der Waals surface area contributed by atoms with Crippen molar-refractivity contribution in [1.29, 1.82) is 0 Å². The average molecular weight is 413 g/mol. The molecule has 1 aliphatic heterocycles. The van der Waals surface area contributed by atoms with Crippen LogP contribution in [0.4, 0.5) is 5.82 Å². The van der Waals surface area contributed by atoms with Gasteiger partial charge in [-0.15, -0.1) is 0 Å². The van der Waals surface area contributed by atoms with E-state index >= 15 is 0 Å². The van der Waals surface area contributed by atoms with E-state index < -0.39 is 0 Å². The number of nitrogens with zero attached hydrogens (tertiary/aromatic N) is 3. The zero-order valence-electron chi connectivity index (χ0n) is 16.5. The lowest BCUT2D eigenvalue weighted by atomic mass is 9.99. The zero-order chi connectivity index (χ0) is 20.2. The highest BCUT2D eigenvalue weighted by atomic mass is 35.5. The SMILES string of the molecule is COc1cccc(OCC2CCCN(Cc3nc(N)c4ccc(Cl)cc4n3)C2)c1. The summed E-state index contributed by atoms with van der Waals surface area (Å²) in [6.45, 7) is 3.32. The predicted octanol–water partition coefficient (Wildman–Crippen LogP) is 4.17. The van der Waals surface area contributed by atoms with Crippen molar-refractivity contribution < 1.29 is 9.47 Å². The Bertz CT molecular complexity index is 998. The number of ether oxygens (including phenoxy) is 2. The largest absolute Gasteiger partial charge is 0.497 e. The number of hydrogen-bond donors (Lipinski definition) is 1. The molecule has 6 nitrogen and oxygen atoms in total. The average Bonchev–Trinajstić information content (AvgIpc) is 2.72. The lowest BCUT2D eigenvalue weighted by molar-refractivity contribution is 0.123. The Balaban J connectivity index is 1.39. The molecule has 4 rings (SSSR count). The summed E-state index contributed by atoms with van der Waals surface area (Å²) >= 11 is 6.11. The van der Waals surface area contributed by atoms with Gasteiger partial charge < -0.3 is 15.2 Å². The molecule has 29 heavy (non-hydrogen) atoms. The van der Waals surface area contributed by atoms with Crippen molar-refractivity contribution in [2.45, 2.75) is 19.4 Å². The molecule has 2 N–H and O–H groups in total. The van der Waals surface area contributed by atoms with E-state index in [1.165, 1.54) is 0 Å². The molecule has 1 unspecified atom stereocenters. The van der Waals surface area contributed by atoms with Crippen LogP contribution in [-0.4, -0.2) is 41.7 Å². The molecular formula is C22H25ClN4O2. The molecule has 7 heteroatoms. The Morgan fingerprint density at radius 2 is 2.03 bits per heavy atom. The zero-order valence-corrected chi connectivity index (χ0v) is 17.2. The van der Waals surface area contributed by atoms with Gasteiger partial charge in [-0.05, 0) is 49.7 Å². The maximum absolute atomic E-state index is 6.13. The van der Waals surface area contributed by atoms with E-state index in [1.54, 1.807) is 13.2 Å². The van der Waals surface area contributed by atoms with Crippen LogP contribution in [0.3, 0.4) is 0 Å². The number of nitrogen functional groups attached to an aromatic ring is 1. The van der Waals surface area contributed by atoms with Crippen molar-refractivity contribution >= 4 is 28.3 Å². The number of nitrogens with two attached hydrogens (primary N) is 1. The summed E-state index contributed by atoms with van der Waals surface area (Å²) in [6, 6.07) is 13.2. The quantitative estimate of drug-likeness (QED) is 0.655. The highest BCUT2D eigenvalue weighted by Crippen LogP contribution is 2.24. The topological polar surface area (TPSA) is 73.5 Å². The number of anilines is 1.